The second-order valence-electron chi connectivity index (χ2n) is 5.86. The van der Waals surface area contributed by atoms with Crippen LogP contribution >= 0.6 is 0 Å². The Morgan fingerprint density at radius 3 is 2.41 bits per heavy atom. The Labute approximate surface area is 165 Å². The summed E-state index contributed by atoms with van der Waals surface area (Å²) in [7, 11) is 0. The molecule has 7 nitrogen and oxygen atoms in total. The number of benzene rings is 2. The number of carbonyl (C=O) groups is 2. The molecular formula is C20H17F2N3O4. The predicted molar refractivity (Wildman–Crippen MR) is 101 cm³/mol. The molecule has 2 rings (SSSR count). The summed E-state index contributed by atoms with van der Waals surface area (Å²) in [5, 5.41) is 19.3. The molecule has 0 aromatic heterocycles. The number of nitrogens with one attached hydrogen (secondary N) is 2. The molecule has 2 N–H and O–H groups in total. The number of carbonyl (C=O) groups excluding carboxylic acids is 2. The highest BCUT2D eigenvalue weighted by Crippen LogP contribution is 2.24. The zero-order valence-corrected chi connectivity index (χ0v) is 15.3. The molecule has 0 bridgehead atoms. The van der Waals surface area contributed by atoms with Crippen LogP contribution in [0.2, 0.25) is 0 Å². The second-order valence-corrected chi connectivity index (χ2v) is 5.86. The Morgan fingerprint density at radius 2 is 1.83 bits per heavy atom. The third-order valence-electron chi connectivity index (χ3n) is 3.74. The van der Waals surface area contributed by atoms with Crippen molar-refractivity contribution in [2.24, 2.45) is 5.92 Å². The lowest BCUT2D eigenvalue weighted by Crippen LogP contribution is -2.25. The van der Waals surface area contributed by atoms with E-state index in [1.165, 1.54) is 37.3 Å². The third kappa shape index (κ3) is 6.10. The molecular weight excluding hydrogens is 384 g/mol. The number of esters is 1. The summed E-state index contributed by atoms with van der Waals surface area (Å²) >= 11 is 0. The summed E-state index contributed by atoms with van der Waals surface area (Å²) in [5.74, 6) is -2.75. The number of nitrogens with zero attached hydrogens (tertiary/aromatic N) is 1. The van der Waals surface area contributed by atoms with E-state index in [0.29, 0.717) is 11.4 Å². The number of halogens is 2. The standard InChI is InChI=1S/C20H17F2N3O4/c1-12(24)16(10-23)18(26)11-28-19(27)15-4-2-3-5-17(15)25-13-6-8-14(9-7-13)29-20(21)22/h2-9,16,20,24-25H,11H2,1H3. The van der Waals surface area contributed by atoms with Crippen molar-refractivity contribution < 1.29 is 27.8 Å². The molecule has 0 fully saturated rings. The van der Waals surface area contributed by atoms with E-state index in [0.717, 1.165) is 0 Å². The Morgan fingerprint density at radius 1 is 1.17 bits per heavy atom. The summed E-state index contributed by atoms with van der Waals surface area (Å²) in [4.78, 5) is 24.3. The molecule has 0 aliphatic heterocycles. The fourth-order valence-corrected chi connectivity index (χ4v) is 2.35. The summed E-state index contributed by atoms with van der Waals surface area (Å²) in [6.07, 6.45) is 0. The van der Waals surface area contributed by atoms with Gasteiger partial charge in [-0.15, -0.1) is 0 Å². The average Bonchev–Trinajstić information content (AvgIpc) is 2.68. The molecule has 2 aromatic carbocycles. The Bertz CT molecular complexity index is 939. The fraction of sp³-hybridized carbons (Fsp3) is 0.200. The normalized spacial score (nSPS) is 11.3. The highest BCUT2D eigenvalue weighted by molar-refractivity contribution is 6.06. The molecule has 2 aromatic rings. The summed E-state index contributed by atoms with van der Waals surface area (Å²) < 4.78 is 33.7. The monoisotopic (exact) mass is 401 g/mol. The minimum atomic E-state index is -2.93. The second kappa shape index (κ2) is 9.94. The molecule has 9 heteroatoms. The van der Waals surface area contributed by atoms with Crippen LogP contribution in [0.15, 0.2) is 48.5 Å². The lowest BCUT2D eigenvalue weighted by molar-refractivity contribution is -0.122. The topological polar surface area (TPSA) is 112 Å². The fourth-order valence-electron chi connectivity index (χ4n) is 2.35. The Kier molecular flexibility index (Phi) is 7.37. The van der Waals surface area contributed by atoms with Crippen molar-refractivity contribution >= 4 is 28.8 Å². The van der Waals surface area contributed by atoms with Crippen molar-refractivity contribution in [3.8, 4) is 11.8 Å². The molecule has 29 heavy (non-hydrogen) atoms. The number of hydrogen-bond donors (Lipinski definition) is 2. The zero-order valence-electron chi connectivity index (χ0n) is 15.3. The highest BCUT2D eigenvalue weighted by atomic mass is 19.3. The van der Waals surface area contributed by atoms with E-state index >= 15 is 0 Å². The summed E-state index contributed by atoms with van der Waals surface area (Å²) in [6.45, 7) is -2.24. The molecule has 150 valence electrons. The zero-order chi connectivity index (χ0) is 21.4. The summed E-state index contributed by atoms with van der Waals surface area (Å²) in [6, 6.07) is 13.7. The first-order chi connectivity index (χ1) is 13.8. The minimum absolute atomic E-state index is 0.00899. The third-order valence-corrected chi connectivity index (χ3v) is 3.74. The lowest BCUT2D eigenvalue weighted by atomic mass is 10.0. The van der Waals surface area contributed by atoms with Crippen LogP contribution in [0.25, 0.3) is 0 Å². The average molecular weight is 401 g/mol. The van der Waals surface area contributed by atoms with E-state index in [1.54, 1.807) is 24.3 Å². The predicted octanol–water partition coefficient (Wildman–Crippen LogP) is 3.94. The first-order valence-electron chi connectivity index (χ1n) is 8.37. The lowest BCUT2D eigenvalue weighted by Gasteiger charge is -2.13. The molecule has 1 atom stereocenters. The Balaban J connectivity index is 2.08. The van der Waals surface area contributed by atoms with Crippen LogP contribution in [0.3, 0.4) is 0 Å². The van der Waals surface area contributed by atoms with Gasteiger partial charge in [-0.1, -0.05) is 12.1 Å². The van der Waals surface area contributed by atoms with E-state index in [-0.39, 0.29) is 17.0 Å². The maximum absolute atomic E-state index is 12.4. The van der Waals surface area contributed by atoms with Gasteiger partial charge >= 0.3 is 12.6 Å². The number of ketones is 1. The van der Waals surface area contributed by atoms with E-state index in [1.807, 2.05) is 0 Å². The molecule has 0 amide bonds. The SMILES string of the molecule is CC(=N)C(C#N)C(=O)COC(=O)c1ccccc1Nc1ccc(OC(F)F)cc1. The maximum atomic E-state index is 12.4. The number of ether oxygens (including phenoxy) is 2. The molecule has 0 saturated carbocycles. The van der Waals surface area contributed by atoms with Crippen molar-refractivity contribution in [3.63, 3.8) is 0 Å². The van der Waals surface area contributed by atoms with Gasteiger partial charge in [0.05, 0.1) is 17.3 Å². The molecule has 0 heterocycles. The van der Waals surface area contributed by atoms with Gasteiger partial charge in [-0.2, -0.15) is 14.0 Å². The maximum Gasteiger partial charge on any atom is 0.387 e. The van der Waals surface area contributed by atoms with Gasteiger partial charge in [-0.05, 0) is 43.3 Å². The van der Waals surface area contributed by atoms with Crippen LogP contribution in [-0.4, -0.2) is 30.7 Å². The van der Waals surface area contributed by atoms with Gasteiger partial charge in [-0.25, -0.2) is 4.79 Å². The van der Waals surface area contributed by atoms with Gasteiger partial charge in [0.25, 0.3) is 0 Å². The molecule has 0 radical (unpaired) electrons. The van der Waals surface area contributed by atoms with Crippen LogP contribution in [0.5, 0.6) is 5.75 Å². The number of para-hydroxylation sites is 1. The van der Waals surface area contributed by atoms with Crippen molar-refractivity contribution in [3.05, 3.63) is 54.1 Å². The molecule has 0 saturated heterocycles. The number of Topliss-reactive ketones (excluding diaryl/α,β-unsaturated/α-hetero) is 1. The van der Waals surface area contributed by atoms with Crippen molar-refractivity contribution in [1.82, 2.24) is 0 Å². The van der Waals surface area contributed by atoms with Gasteiger partial charge in [0.2, 0.25) is 0 Å². The van der Waals surface area contributed by atoms with Gasteiger partial charge in [-0.3, -0.25) is 4.79 Å². The van der Waals surface area contributed by atoms with E-state index < -0.39 is 30.9 Å². The minimum Gasteiger partial charge on any atom is -0.454 e. The highest BCUT2D eigenvalue weighted by Gasteiger charge is 2.22. The number of nitriles is 1. The number of rotatable bonds is 9. The molecule has 0 spiro atoms. The summed E-state index contributed by atoms with van der Waals surface area (Å²) in [5.41, 5.74) is 0.877. The molecule has 0 aliphatic carbocycles. The van der Waals surface area contributed by atoms with E-state index in [4.69, 9.17) is 15.4 Å². The van der Waals surface area contributed by atoms with Crippen LogP contribution < -0.4 is 10.1 Å². The Hall–Kier alpha value is -3.80. The number of hydrogen-bond acceptors (Lipinski definition) is 7. The van der Waals surface area contributed by atoms with Crippen molar-refractivity contribution in [2.45, 2.75) is 13.5 Å². The van der Waals surface area contributed by atoms with Crippen LogP contribution in [0, 0.1) is 22.7 Å². The van der Waals surface area contributed by atoms with Crippen LogP contribution in [0.4, 0.5) is 20.2 Å². The van der Waals surface area contributed by atoms with Crippen LogP contribution in [-0.2, 0) is 9.53 Å². The first-order valence-corrected chi connectivity index (χ1v) is 8.37. The van der Waals surface area contributed by atoms with Gasteiger partial charge in [0.1, 0.15) is 11.7 Å². The first kappa shape index (κ1) is 21.5. The van der Waals surface area contributed by atoms with Gasteiger partial charge in [0.15, 0.2) is 12.4 Å². The van der Waals surface area contributed by atoms with Crippen molar-refractivity contribution in [2.75, 3.05) is 11.9 Å². The van der Waals surface area contributed by atoms with Gasteiger partial charge < -0.3 is 20.2 Å². The largest absolute Gasteiger partial charge is 0.454 e. The van der Waals surface area contributed by atoms with E-state index in [2.05, 4.69) is 10.1 Å². The van der Waals surface area contributed by atoms with Crippen LogP contribution in [0.1, 0.15) is 17.3 Å². The van der Waals surface area contributed by atoms with E-state index in [9.17, 15) is 18.4 Å². The number of anilines is 2. The van der Waals surface area contributed by atoms with Gasteiger partial charge in [0, 0.05) is 11.4 Å². The quantitative estimate of drug-likeness (QED) is 0.486. The number of alkyl halides is 2. The van der Waals surface area contributed by atoms with Crippen molar-refractivity contribution in [1.29, 1.82) is 10.7 Å². The molecule has 0 aliphatic rings. The smallest absolute Gasteiger partial charge is 0.387 e. The molecule has 1 unspecified atom stereocenters.